The Balaban J connectivity index is 1.86. The lowest BCUT2D eigenvalue weighted by atomic mass is 10.1. The second kappa shape index (κ2) is 8.64. The van der Waals surface area contributed by atoms with Crippen molar-refractivity contribution in [1.29, 1.82) is 0 Å². The van der Waals surface area contributed by atoms with Gasteiger partial charge in [0.2, 0.25) is 10.0 Å². The Morgan fingerprint density at radius 3 is 2.46 bits per heavy atom. The first-order chi connectivity index (χ1) is 13.3. The van der Waals surface area contributed by atoms with Crippen molar-refractivity contribution in [3.63, 3.8) is 0 Å². The van der Waals surface area contributed by atoms with Crippen LogP contribution in [0.1, 0.15) is 40.7 Å². The van der Waals surface area contributed by atoms with E-state index in [9.17, 15) is 13.2 Å². The van der Waals surface area contributed by atoms with Crippen molar-refractivity contribution in [2.24, 2.45) is 0 Å². The monoisotopic (exact) mass is 420 g/mol. The Kier molecular flexibility index (Phi) is 6.43. The van der Waals surface area contributed by atoms with Gasteiger partial charge in [-0.1, -0.05) is 42.3 Å². The molecule has 0 atom stereocenters. The average molecular weight is 421 g/mol. The van der Waals surface area contributed by atoms with Crippen molar-refractivity contribution in [3.8, 4) is 0 Å². The third kappa shape index (κ3) is 4.40. The SMILES string of the molecule is Cc1ccccc1CN(C)C(=O)c1ccc(Cl)c(S(=O)(=O)N2CCCCC2)c1. The summed E-state index contributed by atoms with van der Waals surface area (Å²) < 4.78 is 27.5. The number of carbonyl (C=O) groups excluding carboxylic acids is 1. The molecule has 150 valence electrons. The molecule has 7 heteroatoms. The Labute approximate surface area is 172 Å². The first-order valence-corrected chi connectivity index (χ1v) is 11.2. The molecule has 28 heavy (non-hydrogen) atoms. The van der Waals surface area contributed by atoms with E-state index in [1.165, 1.54) is 16.4 Å². The first kappa shape index (κ1) is 20.8. The molecule has 0 aliphatic carbocycles. The third-order valence-electron chi connectivity index (χ3n) is 5.13. The second-order valence-corrected chi connectivity index (χ2v) is 9.51. The van der Waals surface area contributed by atoms with E-state index in [0.717, 1.165) is 30.4 Å². The maximum Gasteiger partial charge on any atom is 0.253 e. The zero-order valence-corrected chi connectivity index (χ0v) is 17.8. The van der Waals surface area contributed by atoms with E-state index in [4.69, 9.17) is 11.6 Å². The molecule has 0 spiro atoms. The summed E-state index contributed by atoms with van der Waals surface area (Å²) in [6.45, 7) is 3.43. The van der Waals surface area contributed by atoms with Crippen molar-refractivity contribution in [2.75, 3.05) is 20.1 Å². The van der Waals surface area contributed by atoms with Gasteiger partial charge in [-0.3, -0.25) is 4.79 Å². The number of hydrogen-bond donors (Lipinski definition) is 0. The zero-order valence-electron chi connectivity index (χ0n) is 16.2. The molecular weight excluding hydrogens is 396 g/mol. The standard InChI is InChI=1S/C21H25ClN2O3S/c1-16-8-4-5-9-18(16)15-23(2)21(25)17-10-11-19(22)20(14-17)28(26,27)24-12-6-3-7-13-24/h4-5,8-11,14H,3,6-7,12-13,15H2,1-2H3. The van der Waals surface area contributed by atoms with E-state index >= 15 is 0 Å². The summed E-state index contributed by atoms with van der Waals surface area (Å²) in [5, 5.41) is 0.142. The van der Waals surface area contributed by atoms with Crippen LogP contribution in [0, 0.1) is 6.92 Å². The van der Waals surface area contributed by atoms with Crippen molar-refractivity contribution >= 4 is 27.5 Å². The highest BCUT2D eigenvalue weighted by Gasteiger charge is 2.29. The largest absolute Gasteiger partial charge is 0.337 e. The van der Waals surface area contributed by atoms with Gasteiger partial charge in [-0.15, -0.1) is 0 Å². The van der Waals surface area contributed by atoms with E-state index in [0.29, 0.717) is 25.2 Å². The van der Waals surface area contributed by atoms with Crippen LogP contribution in [-0.4, -0.2) is 43.7 Å². The van der Waals surface area contributed by atoms with Crippen molar-refractivity contribution in [2.45, 2.75) is 37.6 Å². The molecular formula is C21H25ClN2O3S. The molecule has 0 unspecified atom stereocenters. The highest BCUT2D eigenvalue weighted by atomic mass is 35.5. The number of sulfonamides is 1. The smallest absolute Gasteiger partial charge is 0.253 e. The van der Waals surface area contributed by atoms with Crippen LogP contribution >= 0.6 is 11.6 Å². The molecule has 3 rings (SSSR count). The van der Waals surface area contributed by atoms with Crippen molar-refractivity contribution in [3.05, 3.63) is 64.2 Å². The number of benzene rings is 2. The minimum Gasteiger partial charge on any atom is -0.337 e. The van der Waals surface area contributed by atoms with Crippen LogP contribution in [-0.2, 0) is 16.6 Å². The first-order valence-electron chi connectivity index (χ1n) is 9.40. The van der Waals surface area contributed by atoms with E-state index in [2.05, 4.69) is 0 Å². The molecule has 0 saturated carbocycles. The number of carbonyl (C=O) groups is 1. The second-order valence-electron chi connectivity index (χ2n) is 7.20. The average Bonchev–Trinajstić information content (AvgIpc) is 2.70. The van der Waals surface area contributed by atoms with Crippen LogP contribution in [0.15, 0.2) is 47.4 Å². The van der Waals surface area contributed by atoms with Crippen LogP contribution in [0.3, 0.4) is 0 Å². The van der Waals surface area contributed by atoms with Crippen molar-refractivity contribution in [1.82, 2.24) is 9.21 Å². The van der Waals surface area contributed by atoms with Gasteiger partial charge in [-0.2, -0.15) is 4.31 Å². The summed E-state index contributed by atoms with van der Waals surface area (Å²) in [7, 11) is -2.00. The summed E-state index contributed by atoms with van der Waals surface area (Å²) in [6, 6.07) is 12.3. The normalized spacial score (nSPS) is 15.4. The van der Waals surface area contributed by atoms with Gasteiger partial charge in [0.25, 0.3) is 5.91 Å². The van der Waals surface area contributed by atoms with E-state index in [1.54, 1.807) is 18.0 Å². The van der Waals surface area contributed by atoms with Crippen molar-refractivity contribution < 1.29 is 13.2 Å². The quantitative estimate of drug-likeness (QED) is 0.731. The minimum absolute atomic E-state index is 0.00575. The van der Waals surface area contributed by atoms with Gasteiger partial charge in [0.15, 0.2) is 0 Å². The third-order valence-corrected chi connectivity index (χ3v) is 7.51. The number of rotatable bonds is 5. The Bertz CT molecular complexity index is 969. The molecule has 0 N–H and O–H groups in total. The minimum atomic E-state index is -3.71. The lowest BCUT2D eigenvalue weighted by molar-refractivity contribution is 0.0784. The molecule has 1 aliphatic rings. The summed E-state index contributed by atoms with van der Waals surface area (Å²) in [4.78, 5) is 14.5. The molecule has 1 heterocycles. The highest BCUT2D eigenvalue weighted by Crippen LogP contribution is 2.28. The Morgan fingerprint density at radius 1 is 1.11 bits per heavy atom. The summed E-state index contributed by atoms with van der Waals surface area (Å²) in [5.41, 5.74) is 2.47. The van der Waals surface area contributed by atoms with Gasteiger partial charge in [0.05, 0.1) is 5.02 Å². The highest BCUT2D eigenvalue weighted by molar-refractivity contribution is 7.89. The number of nitrogens with zero attached hydrogens (tertiary/aromatic N) is 2. The van der Waals surface area contributed by atoms with Gasteiger partial charge in [0, 0.05) is 32.2 Å². The van der Waals surface area contributed by atoms with Crippen LogP contribution in [0.4, 0.5) is 0 Å². The number of aryl methyl sites for hydroxylation is 1. The topological polar surface area (TPSA) is 57.7 Å². The number of halogens is 1. The molecule has 1 aliphatic heterocycles. The Morgan fingerprint density at radius 2 is 1.79 bits per heavy atom. The summed E-state index contributed by atoms with van der Waals surface area (Å²) in [5.74, 6) is -0.241. The lowest BCUT2D eigenvalue weighted by Crippen LogP contribution is -2.36. The van der Waals surface area contributed by atoms with Crippen LogP contribution in [0.5, 0.6) is 0 Å². The summed E-state index contributed by atoms with van der Waals surface area (Å²) in [6.07, 6.45) is 2.71. The van der Waals surface area contributed by atoms with Gasteiger partial charge in [0.1, 0.15) is 4.90 Å². The van der Waals surface area contributed by atoms with E-state index in [1.807, 2.05) is 31.2 Å². The molecule has 1 saturated heterocycles. The number of amides is 1. The number of piperidine rings is 1. The maximum atomic E-state index is 13.0. The molecule has 0 bridgehead atoms. The molecule has 0 aromatic heterocycles. The molecule has 5 nitrogen and oxygen atoms in total. The molecule has 1 fully saturated rings. The van der Waals surface area contributed by atoms with Gasteiger partial charge in [-0.05, 0) is 49.1 Å². The predicted molar refractivity (Wildman–Crippen MR) is 111 cm³/mol. The summed E-state index contributed by atoms with van der Waals surface area (Å²) >= 11 is 6.20. The zero-order chi connectivity index (χ0) is 20.3. The maximum absolute atomic E-state index is 13.0. The van der Waals surface area contributed by atoms with Crippen LogP contribution < -0.4 is 0 Å². The van der Waals surface area contributed by atoms with Crippen LogP contribution in [0.2, 0.25) is 5.02 Å². The fraction of sp³-hybridized carbons (Fsp3) is 0.381. The van der Waals surface area contributed by atoms with E-state index < -0.39 is 10.0 Å². The predicted octanol–water partition coefficient (Wildman–Crippen LogP) is 4.10. The van der Waals surface area contributed by atoms with Gasteiger partial charge >= 0.3 is 0 Å². The Hall–Kier alpha value is -1.89. The van der Waals surface area contributed by atoms with Gasteiger partial charge < -0.3 is 4.90 Å². The van der Waals surface area contributed by atoms with E-state index in [-0.39, 0.29) is 15.8 Å². The lowest BCUT2D eigenvalue weighted by Gasteiger charge is -2.26. The molecule has 2 aromatic rings. The van der Waals surface area contributed by atoms with Crippen LogP contribution in [0.25, 0.3) is 0 Å². The molecule has 1 amide bonds. The fourth-order valence-corrected chi connectivity index (χ4v) is 5.43. The fourth-order valence-electron chi connectivity index (χ4n) is 3.41. The molecule has 2 aromatic carbocycles. The molecule has 0 radical (unpaired) electrons. The van der Waals surface area contributed by atoms with Gasteiger partial charge in [-0.25, -0.2) is 8.42 Å². The number of hydrogen-bond acceptors (Lipinski definition) is 3.